The van der Waals surface area contributed by atoms with Gasteiger partial charge in [-0.25, -0.2) is 0 Å². The number of hydrogen-bond donors (Lipinski definition) is 0. The van der Waals surface area contributed by atoms with Crippen molar-refractivity contribution in [2.75, 3.05) is 4.90 Å². The lowest BCUT2D eigenvalue weighted by atomic mass is 9.81. The highest BCUT2D eigenvalue weighted by atomic mass is 15.1. The Morgan fingerprint density at radius 1 is 0.420 bits per heavy atom. The molecule has 50 heavy (non-hydrogen) atoms. The molecule has 0 saturated carbocycles. The van der Waals surface area contributed by atoms with E-state index in [0.29, 0.717) is 0 Å². The summed E-state index contributed by atoms with van der Waals surface area (Å²) in [6.07, 6.45) is 5.00. The van der Waals surface area contributed by atoms with E-state index in [1.807, 2.05) is 0 Å². The summed E-state index contributed by atoms with van der Waals surface area (Å²) < 4.78 is 0. The second-order valence-electron chi connectivity index (χ2n) is 14.4. The van der Waals surface area contributed by atoms with Crippen LogP contribution in [0.15, 0.2) is 164 Å². The molecule has 0 amide bonds. The minimum Gasteiger partial charge on any atom is -0.310 e. The number of benzene rings is 7. The predicted octanol–water partition coefficient (Wildman–Crippen LogP) is 13.3. The van der Waals surface area contributed by atoms with Crippen molar-refractivity contribution in [3.8, 4) is 44.5 Å². The number of fused-ring (bicyclic) bond motifs is 4. The fourth-order valence-corrected chi connectivity index (χ4v) is 8.45. The molecule has 7 aromatic rings. The van der Waals surface area contributed by atoms with Crippen LogP contribution in [0, 0.1) is 0 Å². The lowest BCUT2D eigenvalue weighted by Crippen LogP contribution is -2.17. The van der Waals surface area contributed by atoms with E-state index in [9.17, 15) is 0 Å². The van der Waals surface area contributed by atoms with E-state index >= 15 is 0 Å². The van der Waals surface area contributed by atoms with Gasteiger partial charge < -0.3 is 4.90 Å². The second-order valence-corrected chi connectivity index (χ2v) is 14.4. The second kappa shape index (κ2) is 12.3. The first-order valence-corrected chi connectivity index (χ1v) is 18.1. The molecule has 0 unspecified atom stereocenters. The van der Waals surface area contributed by atoms with Gasteiger partial charge in [0.2, 0.25) is 0 Å². The summed E-state index contributed by atoms with van der Waals surface area (Å²) in [6.45, 7) is 4.76. The summed E-state index contributed by atoms with van der Waals surface area (Å²) in [5.74, 6) is 0. The largest absolute Gasteiger partial charge is 0.310 e. The maximum absolute atomic E-state index is 2.45. The minimum atomic E-state index is -0.146. The van der Waals surface area contributed by atoms with Crippen LogP contribution >= 0.6 is 0 Å². The number of aryl methyl sites for hydroxylation is 2. The monoisotopic (exact) mass is 643 g/mol. The van der Waals surface area contributed by atoms with Crippen LogP contribution < -0.4 is 4.90 Å². The van der Waals surface area contributed by atoms with Crippen molar-refractivity contribution in [3.63, 3.8) is 0 Å². The van der Waals surface area contributed by atoms with Crippen LogP contribution in [0.3, 0.4) is 0 Å². The van der Waals surface area contributed by atoms with Gasteiger partial charge in [0.25, 0.3) is 0 Å². The van der Waals surface area contributed by atoms with Crippen molar-refractivity contribution in [1.82, 2.24) is 0 Å². The molecule has 0 saturated heterocycles. The topological polar surface area (TPSA) is 3.24 Å². The van der Waals surface area contributed by atoms with E-state index < -0.39 is 0 Å². The minimum absolute atomic E-state index is 0.146. The number of hydrogen-bond acceptors (Lipinski definition) is 1. The molecule has 0 fully saturated rings. The molecule has 242 valence electrons. The number of rotatable bonds is 6. The molecule has 0 bridgehead atoms. The van der Waals surface area contributed by atoms with Gasteiger partial charge in [0, 0.05) is 22.4 Å². The van der Waals surface area contributed by atoms with Gasteiger partial charge in [0.15, 0.2) is 0 Å². The Balaban J connectivity index is 1.19. The fourth-order valence-electron chi connectivity index (χ4n) is 8.45. The Morgan fingerprint density at radius 2 is 1.04 bits per heavy atom. The molecule has 0 atom stereocenters. The third kappa shape index (κ3) is 5.17. The first-order valence-electron chi connectivity index (χ1n) is 18.1. The summed E-state index contributed by atoms with van der Waals surface area (Å²) in [5, 5.41) is 0. The average molecular weight is 644 g/mol. The molecule has 2 aliphatic rings. The zero-order valence-corrected chi connectivity index (χ0v) is 28.9. The molecule has 0 aromatic heterocycles. The predicted molar refractivity (Wildman–Crippen MR) is 212 cm³/mol. The fraction of sp³-hybridized carbons (Fsp3) is 0.143. The van der Waals surface area contributed by atoms with Gasteiger partial charge in [-0.3, -0.25) is 0 Å². The molecule has 0 spiro atoms. The molecule has 2 aliphatic carbocycles. The molecule has 0 N–H and O–H groups in total. The molecule has 1 heteroatoms. The highest BCUT2D eigenvalue weighted by Gasteiger charge is 2.37. The van der Waals surface area contributed by atoms with Crippen LogP contribution in [-0.4, -0.2) is 0 Å². The van der Waals surface area contributed by atoms with E-state index in [0.717, 1.165) is 11.4 Å². The lowest BCUT2D eigenvalue weighted by molar-refractivity contribution is 0.660. The Labute approximate surface area is 296 Å². The maximum atomic E-state index is 2.45. The quantitative estimate of drug-likeness (QED) is 0.174. The first-order chi connectivity index (χ1) is 24.6. The van der Waals surface area contributed by atoms with E-state index in [-0.39, 0.29) is 5.41 Å². The van der Waals surface area contributed by atoms with E-state index in [4.69, 9.17) is 0 Å². The zero-order chi connectivity index (χ0) is 33.7. The highest BCUT2D eigenvalue weighted by Crippen LogP contribution is 2.54. The number of anilines is 3. The molecule has 1 nitrogen and oxygen atoms in total. The molecule has 0 aliphatic heterocycles. The van der Waals surface area contributed by atoms with Gasteiger partial charge in [-0.05, 0) is 117 Å². The van der Waals surface area contributed by atoms with Crippen molar-refractivity contribution >= 4 is 17.1 Å². The first kappa shape index (κ1) is 30.4. The van der Waals surface area contributed by atoms with Crippen molar-refractivity contribution in [2.45, 2.75) is 44.9 Å². The Kier molecular flexibility index (Phi) is 7.50. The van der Waals surface area contributed by atoms with Crippen LogP contribution in [0.5, 0.6) is 0 Å². The van der Waals surface area contributed by atoms with Gasteiger partial charge in [0.05, 0.1) is 5.69 Å². The van der Waals surface area contributed by atoms with Gasteiger partial charge in [0.1, 0.15) is 0 Å². The normalized spacial score (nSPS) is 14.0. The van der Waals surface area contributed by atoms with E-state index in [2.05, 4.69) is 183 Å². The number of nitrogens with zero attached hydrogens (tertiary/aromatic N) is 1. The smallest absolute Gasteiger partial charge is 0.0540 e. The van der Waals surface area contributed by atoms with Crippen molar-refractivity contribution in [3.05, 3.63) is 186 Å². The highest BCUT2D eigenvalue weighted by molar-refractivity contribution is 5.95. The summed E-state index contributed by atoms with van der Waals surface area (Å²) in [6, 6.07) is 60.7. The van der Waals surface area contributed by atoms with Crippen LogP contribution in [0.2, 0.25) is 0 Å². The summed E-state index contributed by atoms with van der Waals surface area (Å²) in [4.78, 5) is 2.45. The molecule has 9 rings (SSSR count). The Morgan fingerprint density at radius 3 is 1.80 bits per heavy atom. The van der Waals surface area contributed by atoms with Gasteiger partial charge >= 0.3 is 0 Å². The standard InChI is InChI=1S/C49H41N/c1-49(2)45-22-13-21-43(37-17-7-4-8-18-37)48(45)44-31-30-41(33-46(44)49)50(47-23-12-11-20-42(47)36-15-5-3-6-16-36)40-28-26-35(27-29-40)39-25-24-34-14-9-10-19-38(34)32-39/h3-8,11-13,15-18,20-33H,9-10,14,19H2,1-2H3. The SMILES string of the molecule is CC1(C)c2cc(N(c3ccc(-c4ccc5c(c4)CCCC5)cc3)c3ccccc3-c3ccccc3)ccc2-c2c(-c3ccccc3)cccc21. The molecular weight excluding hydrogens is 603 g/mol. The Bertz CT molecular complexity index is 2330. The summed E-state index contributed by atoms with van der Waals surface area (Å²) in [5.41, 5.74) is 19.3. The summed E-state index contributed by atoms with van der Waals surface area (Å²) in [7, 11) is 0. The van der Waals surface area contributed by atoms with Gasteiger partial charge in [-0.15, -0.1) is 0 Å². The lowest BCUT2D eigenvalue weighted by Gasteiger charge is -2.30. The zero-order valence-electron chi connectivity index (χ0n) is 28.9. The van der Waals surface area contributed by atoms with Crippen LogP contribution in [0.25, 0.3) is 44.5 Å². The molecule has 7 aromatic carbocycles. The van der Waals surface area contributed by atoms with Gasteiger partial charge in [-0.2, -0.15) is 0 Å². The molecular formula is C49H41N. The molecule has 0 heterocycles. The maximum Gasteiger partial charge on any atom is 0.0540 e. The Hall–Kier alpha value is -5.66. The summed E-state index contributed by atoms with van der Waals surface area (Å²) >= 11 is 0. The average Bonchev–Trinajstić information content (AvgIpc) is 3.41. The third-order valence-corrected chi connectivity index (χ3v) is 11.1. The van der Waals surface area contributed by atoms with Crippen LogP contribution in [-0.2, 0) is 18.3 Å². The number of para-hydroxylation sites is 1. The van der Waals surface area contributed by atoms with Crippen molar-refractivity contribution < 1.29 is 0 Å². The van der Waals surface area contributed by atoms with Crippen molar-refractivity contribution in [1.29, 1.82) is 0 Å². The van der Waals surface area contributed by atoms with E-state index in [1.165, 1.54) is 98.1 Å². The van der Waals surface area contributed by atoms with E-state index in [1.54, 1.807) is 0 Å². The third-order valence-electron chi connectivity index (χ3n) is 11.1. The van der Waals surface area contributed by atoms with Crippen LogP contribution in [0.4, 0.5) is 17.1 Å². The van der Waals surface area contributed by atoms with Gasteiger partial charge in [-0.1, -0.05) is 147 Å². The van der Waals surface area contributed by atoms with Crippen LogP contribution in [0.1, 0.15) is 48.9 Å². The molecule has 0 radical (unpaired) electrons. The van der Waals surface area contributed by atoms with Crippen molar-refractivity contribution in [2.24, 2.45) is 0 Å².